The highest BCUT2D eigenvalue weighted by Crippen LogP contribution is 2.19. The summed E-state index contributed by atoms with van der Waals surface area (Å²) in [7, 11) is 0. The summed E-state index contributed by atoms with van der Waals surface area (Å²) in [5.41, 5.74) is 3.37. The van der Waals surface area contributed by atoms with Crippen molar-refractivity contribution >= 4 is 23.0 Å². The van der Waals surface area contributed by atoms with Gasteiger partial charge in [0.2, 0.25) is 0 Å². The molecule has 0 unspecified atom stereocenters. The average Bonchev–Trinajstić information content (AvgIpc) is 2.65. The summed E-state index contributed by atoms with van der Waals surface area (Å²) in [5.74, 6) is -0.190. The summed E-state index contributed by atoms with van der Waals surface area (Å²) in [4.78, 5) is 21.2. The number of amides is 1. The van der Waals surface area contributed by atoms with E-state index < -0.39 is 0 Å². The van der Waals surface area contributed by atoms with Crippen LogP contribution in [0.1, 0.15) is 38.2 Å². The Hall–Kier alpha value is -2.56. The van der Waals surface area contributed by atoms with Crippen molar-refractivity contribution in [3.8, 4) is 0 Å². The van der Waals surface area contributed by atoms with Gasteiger partial charge in [0.25, 0.3) is 5.91 Å². The van der Waals surface area contributed by atoms with Crippen LogP contribution in [0.2, 0.25) is 0 Å². The third-order valence-corrected chi connectivity index (χ3v) is 4.36. The molecule has 0 spiro atoms. The molecule has 2 aromatic rings. The molecule has 5 nitrogen and oxygen atoms in total. The van der Waals surface area contributed by atoms with Crippen LogP contribution in [0.25, 0.3) is 0 Å². The molecule has 0 bridgehead atoms. The van der Waals surface area contributed by atoms with Gasteiger partial charge < -0.3 is 15.1 Å². The maximum Gasteiger partial charge on any atom is 0.274 e. The van der Waals surface area contributed by atoms with E-state index in [1.54, 1.807) is 6.20 Å². The zero-order valence-electron chi connectivity index (χ0n) is 15.6. The molecule has 134 valence electrons. The second kappa shape index (κ2) is 9.06. The molecule has 0 aliphatic rings. The average molecular weight is 340 g/mol. The lowest BCUT2D eigenvalue weighted by molar-refractivity contribution is 0.102. The number of anilines is 3. The van der Waals surface area contributed by atoms with E-state index in [1.165, 1.54) is 0 Å². The molecule has 0 saturated heterocycles. The third kappa shape index (κ3) is 4.72. The smallest absolute Gasteiger partial charge is 0.274 e. The van der Waals surface area contributed by atoms with E-state index in [0.29, 0.717) is 5.69 Å². The lowest BCUT2D eigenvalue weighted by Gasteiger charge is -2.21. The van der Waals surface area contributed by atoms with E-state index in [4.69, 9.17) is 0 Å². The third-order valence-electron chi connectivity index (χ3n) is 4.36. The molecule has 1 N–H and O–H groups in total. The van der Waals surface area contributed by atoms with Crippen LogP contribution in [0.4, 0.5) is 17.1 Å². The zero-order valence-corrected chi connectivity index (χ0v) is 15.6. The van der Waals surface area contributed by atoms with Crippen molar-refractivity contribution in [3.05, 3.63) is 48.3 Å². The fourth-order valence-corrected chi connectivity index (χ4v) is 2.87. The number of pyridine rings is 1. The van der Waals surface area contributed by atoms with Gasteiger partial charge in [-0.1, -0.05) is 0 Å². The van der Waals surface area contributed by atoms with Crippen molar-refractivity contribution in [1.82, 2.24) is 4.98 Å². The predicted molar refractivity (Wildman–Crippen MR) is 106 cm³/mol. The van der Waals surface area contributed by atoms with Gasteiger partial charge >= 0.3 is 0 Å². The molecule has 1 heterocycles. The number of benzene rings is 1. The first-order valence-electron chi connectivity index (χ1n) is 9.00. The topological polar surface area (TPSA) is 48.5 Å². The van der Waals surface area contributed by atoms with Gasteiger partial charge in [-0.15, -0.1) is 0 Å². The summed E-state index contributed by atoms with van der Waals surface area (Å²) in [6, 6.07) is 11.7. The minimum atomic E-state index is -0.190. The normalized spacial score (nSPS) is 10.4. The second-order valence-corrected chi connectivity index (χ2v) is 5.74. The first-order valence-corrected chi connectivity index (χ1v) is 9.00. The molecule has 0 fully saturated rings. The molecular weight excluding hydrogens is 312 g/mol. The minimum Gasteiger partial charge on any atom is -0.372 e. The van der Waals surface area contributed by atoms with Crippen LogP contribution in [0.3, 0.4) is 0 Å². The molecule has 0 atom stereocenters. The van der Waals surface area contributed by atoms with E-state index in [0.717, 1.165) is 43.2 Å². The maximum absolute atomic E-state index is 12.5. The van der Waals surface area contributed by atoms with Crippen LogP contribution in [0, 0.1) is 0 Å². The Kier molecular flexibility index (Phi) is 6.81. The first-order chi connectivity index (χ1) is 12.1. The second-order valence-electron chi connectivity index (χ2n) is 5.74. The van der Waals surface area contributed by atoms with Gasteiger partial charge in [0, 0.05) is 49.4 Å². The molecule has 1 aromatic carbocycles. The molecule has 2 rings (SSSR count). The predicted octanol–water partition coefficient (Wildman–Crippen LogP) is 4.03. The summed E-state index contributed by atoms with van der Waals surface area (Å²) >= 11 is 0. The molecule has 1 aromatic heterocycles. The number of carbonyl (C=O) groups is 1. The van der Waals surface area contributed by atoms with E-state index in [2.05, 4.69) is 47.8 Å². The molecule has 5 heteroatoms. The highest BCUT2D eigenvalue weighted by atomic mass is 16.1. The highest BCUT2D eigenvalue weighted by Gasteiger charge is 2.11. The fraction of sp³-hybridized carbons (Fsp3) is 0.400. The summed E-state index contributed by atoms with van der Waals surface area (Å²) in [6.07, 6.45) is 1.69. The molecule has 0 aliphatic carbocycles. The summed E-state index contributed by atoms with van der Waals surface area (Å²) in [6.45, 7) is 12.2. The molecule has 0 radical (unpaired) electrons. The van der Waals surface area contributed by atoms with Crippen molar-refractivity contribution in [2.45, 2.75) is 27.7 Å². The van der Waals surface area contributed by atoms with Crippen molar-refractivity contribution < 1.29 is 4.79 Å². The minimum absolute atomic E-state index is 0.190. The van der Waals surface area contributed by atoms with Crippen molar-refractivity contribution in [3.63, 3.8) is 0 Å². The fourth-order valence-electron chi connectivity index (χ4n) is 2.87. The molecule has 25 heavy (non-hydrogen) atoms. The Labute approximate surface area is 150 Å². The monoisotopic (exact) mass is 340 g/mol. The number of hydrogen-bond acceptors (Lipinski definition) is 4. The lowest BCUT2D eigenvalue weighted by atomic mass is 10.2. The van der Waals surface area contributed by atoms with Crippen LogP contribution in [-0.4, -0.2) is 37.1 Å². The number of nitrogens with zero attached hydrogens (tertiary/aromatic N) is 3. The lowest BCUT2D eigenvalue weighted by Crippen LogP contribution is -2.23. The Morgan fingerprint density at radius 1 is 0.880 bits per heavy atom. The van der Waals surface area contributed by atoms with Crippen LogP contribution in [-0.2, 0) is 0 Å². The molecule has 1 amide bonds. The number of carbonyl (C=O) groups excluding carboxylic acids is 1. The van der Waals surface area contributed by atoms with Gasteiger partial charge in [0.1, 0.15) is 5.69 Å². The van der Waals surface area contributed by atoms with Crippen molar-refractivity contribution in [2.24, 2.45) is 0 Å². The number of nitrogens with one attached hydrogen (secondary N) is 1. The van der Waals surface area contributed by atoms with E-state index >= 15 is 0 Å². The molecular formula is C20H28N4O. The van der Waals surface area contributed by atoms with Crippen LogP contribution in [0.15, 0.2) is 42.6 Å². The Morgan fingerprint density at radius 3 is 2.00 bits per heavy atom. The quantitative estimate of drug-likeness (QED) is 0.788. The van der Waals surface area contributed by atoms with Gasteiger partial charge in [0.15, 0.2) is 0 Å². The Balaban J connectivity index is 2.10. The largest absolute Gasteiger partial charge is 0.372 e. The van der Waals surface area contributed by atoms with E-state index in [-0.39, 0.29) is 5.91 Å². The van der Waals surface area contributed by atoms with Crippen LogP contribution >= 0.6 is 0 Å². The Morgan fingerprint density at radius 2 is 1.44 bits per heavy atom. The van der Waals surface area contributed by atoms with Gasteiger partial charge in [-0.3, -0.25) is 9.78 Å². The Bertz CT molecular complexity index is 676. The van der Waals surface area contributed by atoms with Gasteiger partial charge in [-0.25, -0.2) is 0 Å². The maximum atomic E-state index is 12.5. The summed E-state index contributed by atoms with van der Waals surface area (Å²) in [5, 5.41) is 2.92. The van der Waals surface area contributed by atoms with Crippen molar-refractivity contribution in [1.29, 1.82) is 0 Å². The SMILES string of the molecule is CCN(CC)c1ccc(NC(=O)c2cc(N(CC)CC)ccn2)cc1. The summed E-state index contributed by atoms with van der Waals surface area (Å²) < 4.78 is 0. The standard InChI is InChI=1S/C20H28N4O/c1-5-23(6-2)17-11-9-16(10-12-17)22-20(25)19-15-18(13-14-21-19)24(7-3)8-4/h9-15H,5-8H2,1-4H3,(H,22,25). The molecule has 0 aliphatic heterocycles. The number of hydrogen-bond donors (Lipinski definition) is 1. The van der Waals surface area contributed by atoms with E-state index in [9.17, 15) is 4.79 Å². The zero-order chi connectivity index (χ0) is 18.2. The van der Waals surface area contributed by atoms with E-state index in [1.807, 2.05) is 36.4 Å². The molecule has 0 saturated carbocycles. The van der Waals surface area contributed by atoms with Gasteiger partial charge in [-0.2, -0.15) is 0 Å². The van der Waals surface area contributed by atoms with Gasteiger partial charge in [-0.05, 0) is 64.1 Å². The van der Waals surface area contributed by atoms with Crippen LogP contribution in [0.5, 0.6) is 0 Å². The number of rotatable bonds is 8. The van der Waals surface area contributed by atoms with Crippen molar-refractivity contribution in [2.75, 3.05) is 41.3 Å². The highest BCUT2D eigenvalue weighted by molar-refractivity contribution is 6.03. The van der Waals surface area contributed by atoms with Gasteiger partial charge in [0.05, 0.1) is 0 Å². The number of aromatic nitrogens is 1. The first kappa shape index (κ1) is 18.8. The van der Waals surface area contributed by atoms with Crippen LogP contribution < -0.4 is 15.1 Å².